The maximum atomic E-state index is 13.3. The molecule has 0 fully saturated rings. The maximum absolute atomic E-state index is 13.3. The molecule has 1 heterocycles. The molecule has 6 heteroatoms. The summed E-state index contributed by atoms with van der Waals surface area (Å²) in [6.07, 6.45) is 0. The lowest BCUT2D eigenvalue weighted by molar-refractivity contribution is 0.0955. The monoisotopic (exact) mass is 421 g/mol. The van der Waals surface area contributed by atoms with Gasteiger partial charge in [-0.2, -0.15) is 0 Å². The van der Waals surface area contributed by atoms with Gasteiger partial charge in [-0.05, 0) is 71.8 Å². The lowest BCUT2D eigenvalue weighted by atomic mass is 10.2. The number of hydrogen-bond acceptors (Lipinski definition) is 3. The van der Waals surface area contributed by atoms with Gasteiger partial charge in [0.2, 0.25) is 0 Å². The Hall–Kier alpha value is -3.51. The Morgan fingerprint density at radius 2 is 1.57 bits per heavy atom. The minimum absolute atomic E-state index is 0.120. The number of halogens is 2. The predicted molar refractivity (Wildman–Crippen MR) is 114 cm³/mol. The molecule has 3 nitrogen and oxygen atoms in total. The Morgan fingerprint density at radius 3 is 2.30 bits per heavy atom. The summed E-state index contributed by atoms with van der Waals surface area (Å²) in [5.41, 5.74) is 1.47. The molecule has 1 N–H and O–H groups in total. The van der Waals surface area contributed by atoms with Gasteiger partial charge < -0.3 is 10.1 Å². The van der Waals surface area contributed by atoms with Crippen LogP contribution in [0.3, 0.4) is 0 Å². The van der Waals surface area contributed by atoms with Crippen LogP contribution in [0.4, 0.5) is 8.78 Å². The Labute approximate surface area is 176 Å². The Morgan fingerprint density at radius 1 is 0.833 bits per heavy atom. The highest BCUT2D eigenvalue weighted by atomic mass is 32.1. The lowest BCUT2D eigenvalue weighted by Crippen LogP contribution is -2.21. The largest absolute Gasteiger partial charge is 0.457 e. The van der Waals surface area contributed by atoms with Gasteiger partial charge in [0.1, 0.15) is 11.5 Å². The molecule has 4 rings (SSSR count). The molecule has 0 aliphatic rings. The van der Waals surface area contributed by atoms with Crippen LogP contribution in [0.1, 0.15) is 15.2 Å². The van der Waals surface area contributed by atoms with Crippen LogP contribution in [0.5, 0.6) is 11.5 Å². The second kappa shape index (κ2) is 8.88. The van der Waals surface area contributed by atoms with Gasteiger partial charge >= 0.3 is 0 Å². The number of nitrogens with one attached hydrogen (secondary N) is 1. The van der Waals surface area contributed by atoms with E-state index in [1.54, 1.807) is 6.07 Å². The van der Waals surface area contributed by atoms with Crippen LogP contribution < -0.4 is 10.1 Å². The SMILES string of the molecule is O=C(NCc1ccc(F)c(F)c1)c1ccc(-c2ccc(Oc3ccccc3)cc2)s1. The third-order valence-corrected chi connectivity index (χ3v) is 5.52. The number of amides is 1. The number of hydrogen-bond donors (Lipinski definition) is 1. The van der Waals surface area contributed by atoms with Gasteiger partial charge in [0.05, 0.1) is 4.88 Å². The minimum Gasteiger partial charge on any atom is -0.457 e. The summed E-state index contributed by atoms with van der Waals surface area (Å²) in [7, 11) is 0. The number of carbonyl (C=O) groups excluding carboxylic acids is 1. The topological polar surface area (TPSA) is 38.3 Å². The van der Waals surface area contributed by atoms with Crippen LogP contribution >= 0.6 is 11.3 Å². The number of ether oxygens (including phenoxy) is 1. The summed E-state index contributed by atoms with van der Waals surface area (Å²) in [4.78, 5) is 13.9. The quantitative estimate of drug-likeness (QED) is 0.390. The number of para-hydroxylation sites is 1. The molecule has 0 radical (unpaired) electrons. The number of benzene rings is 3. The zero-order chi connectivity index (χ0) is 20.9. The van der Waals surface area contributed by atoms with E-state index in [9.17, 15) is 13.6 Å². The third-order valence-electron chi connectivity index (χ3n) is 4.38. The summed E-state index contributed by atoms with van der Waals surface area (Å²) >= 11 is 1.36. The fourth-order valence-electron chi connectivity index (χ4n) is 2.85. The standard InChI is InChI=1S/C24H17F2NO2S/c25-20-11-6-16(14-21(20)26)15-27-24(28)23-13-12-22(30-23)17-7-9-19(10-8-17)29-18-4-2-1-3-5-18/h1-14H,15H2,(H,27,28). The molecular formula is C24H17F2NO2S. The van der Waals surface area contributed by atoms with Crippen molar-refractivity contribution in [3.8, 4) is 21.9 Å². The molecule has 0 bridgehead atoms. The highest BCUT2D eigenvalue weighted by Gasteiger charge is 2.11. The van der Waals surface area contributed by atoms with Crippen LogP contribution in [0, 0.1) is 11.6 Å². The first kappa shape index (κ1) is 19.8. The van der Waals surface area contributed by atoms with Crippen molar-refractivity contribution in [2.45, 2.75) is 6.54 Å². The van der Waals surface area contributed by atoms with E-state index >= 15 is 0 Å². The van der Waals surface area contributed by atoms with Crippen molar-refractivity contribution >= 4 is 17.2 Å². The summed E-state index contributed by atoms with van der Waals surface area (Å²) in [6.45, 7) is 0.120. The van der Waals surface area contributed by atoms with Crippen molar-refractivity contribution in [2.24, 2.45) is 0 Å². The predicted octanol–water partition coefficient (Wildman–Crippen LogP) is 6.42. The first-order valence-corrected chi connectivity index (χ1v) is 10.1. The van der Waals surface area contributed by atoms with Crippen LogP contribution in [0.2, 0.25) is 0 Å². The van der Waals surface area contributed by atoms with Gasteiger partial charge in [0, 0.05) is 11.4 Å². The molecule has 0 aliphatic carbocycles. The van der Waals surface area contributed by atoms with Crippen molar-refractivity contribution in [1.82, 2.24) is 5.32 Å². The van der Waals surface area contributed by atoms with Gasteiger partial charge in [-0.25, -0.2) is 8.78 Å². The van der Waals surface area contributed by atoms with Crippen LogP contribution in [-0.4, -0.2) is 5.91 Å². The summed E-state index contributed by atoms with van der Waals surface area (Å²) < 4.78 is 32.1. The van der Waals surface area contributed by atoms with Crippen molar-refractivity contribution in [2.75, 3.05) is 0 Å². The fraction of sp³-hybridized carbons (Fsp3) is 0.0417. The van der Waals surface area contributed by atoms with E-state index in [1.807, 2.05) is 60.7 Å². The fourth-order valence-corrected chi connectivity index (χ4v) is 3.77. The second-order valence-corrected chi connectivity index (χ2v) is 7.62. The Kier molecular flexibility index (Phi) is 5.86. The Bertz CT molecular complexity index is 1160. The van der Waals surface area contributed by atoms with E-state index in [2.05, 4.69) is 5.32 Å². The van der Waals surface area contributed by atoms with E-state index in [4.69, 9.17) is 4.74 Å². The number of thiophene rings is 1. The van der Waals surface area contributed by atoms with E-state index in [1.165, 1.54) is 17.4 Å². The van der Waals surface area contributed by atoms with Crippen molar-refractivity contribution in [1.29, 1.82) is 0 Å². The lowest BCUT2D eigenvalue weighted by Gasteiger charge is -2.06. The summed E-state index contributed by atoms with van der Waals surface area (Å²) in [5.74, 6) is -0.611. The van der Waals surface area contributed by atoms with Crippen molar-refractivity contribution in [3.63, 3.8) is 0 Å². The molecule has 0 atom stereocenters. The average molecular weight is 421 g/mol. The zero-order valence-electron chi connectivity index (χ0n) is 15.8. The molecule has 4 aromatic rings. The molecule has 0 saturated heterocycles. The molecule has 0 spiro atoms. The minimum atomic E-state index is -0.931. The molecule has 1 amide bonds. The van der Waals surface area contributed by atoms with Gasteiger partial charge in [-0.3, -0.25) is 4.79 Å². The second-order valence-electron chi connectivity index (χ2n) is 6.53. The molecule has 3 aromatic carbocycles. The third kappa shape index (κ3) is 4.72. The molecule has 1 aromatic heterocycles. The van der Waals surface area contributed by atoms with Crippen LogP contribution in [0.15, 0.2) is 84.9 Å². The van der Waals surface area contributed by atoms with E-state index < -0.39 is 11.6 Å². The first-order valence-electron chi connectivity index (χ1n) is 9.24. The summed E-state index contributed by atoms with van der Waals surface area (Å²) in [6, 6.07) is 24.4. The molecular weight excluding hydrogens is 404 g/mol. The van der Waals surface area contributed by atoms with E-state index in [0.29, 0.717) is 10.4 Å². The molecule has 0 aliphatic heterocycles. The molecule has 150 valence electrons. The smallest absolute Gasteiger partial charge is 0.261 e. The van der Waals surface area contributed by atoms with Crippen LogP contribution in [0.25, 0.3) is 10.4 Å². The number of rotatable bonds is 6. The first-order chi connectivity index (χ1) is 14.6. The van der Waals surface area contributed by atoms with Crippen LogP contribution in [-0.2, 0) is 6.54 Å². The van der Waals surface area contributed by atoms with Crippen molar-refractivity contribution in [3.05, 3.63) is 107 Å². The highest BCUT2D eigenvalue weighted by molar-refractivity contribution is 7.17. The molecule has 0 unspecified atom stereocenters. The van der Waals surface area contributed by atoms with Gasteiger partial charge in [-0.15, -0.1) is 11.3 Å². The molecule has 0 saturated carbocycles. The Balaban J connectivity index is 1.39. The van der Waals surface area contributed by atoms with E-state index in [-0.39, 0.29) is 12.5 Å². The molecule has 30 heavy (non-hydrogen) atoms. The normalized spacial score (nSPS) is 10.6. The maximum Gasteiger partial charge on any atom is 0.261 e. The van der Waals surface area contributed by atoms with Gasteiger partial charge in [0.25, 0.3) is 5.91 Å². The highest BCUT2D eigenvalue weighted by Crippen LogP contribution is 2.30. The summed E-state index contributed by atoms with van der Waals surface area (Å²) in [5, 5.41) is 2.73. The van der Waals surface area contributed by atoms with E-state index in [0.717, 1.165) is 34.1 Å². The van der Waals surface area contributed by atoms with Crippen molar-refractivity contribution < 1.29 is 18.3 Å². The average Bonchev–Trinajstić information content (AvgIpc) is 3.26. The zero-order valence-corrected chi connectivity index (χ0v) is 16.6. The van der Waals surface area contributed by atoms with Gasteiger partial charge in [-0.1, -0.05) is 24.3 Å². The number of carbonyl (C=O) groups is 1. The van der Waals surface area contributed by atoms with Gasteiger partial charge in [0.15, 0.2) is 11.6 Å².